The number of rotatable bonds is 4. The predicted octanol–water partition coefficient (Wildman–Crippen LogP) is 1.67. The quantitative estimate of drug-likeness (QED) is 0.920. The Balaban J connectivity index is 2.96. The third kappa shape index (κ3) is 2.32. The molecule has 2 aromatic rings. The minimum absolute atomic E-state index is 0.0420. The molecule has 106 valence electrons. The minimum Gasteiger partial charge on any atom is -0.478 e. The van der Waals surface area contributed by atoms with Crippen LogP contribution in [0, 0.1) is 0 Å². The van der Waals surface area contributed by atoms with Gasteiger partial charge in [-0.1, -0.05) is 25.1 Å². The molecule has 0 radical (unpaired) electrons. The van der Waals surface area contributed by atoms with Crippen LogP contribution in [0.15, 0.2) is 38.6 Å². The van der Waals surface area contributed by atoms with Crippen molar-refractivity contribution in [1.82, 2.24) is 0 Å². The lowest BCUT2D eigenvalue weighted by Gasteiger charge is -2.08. The molecular weight excluding hydrogens is 284 g/mol. The second kappa shape index (κ2) is 5.09. The molecule has 0 saturated carbocycles. The highest BCUT2D eigenvalue weighted by molar-refractivity contribution is 7.91. The van der Waals surface area contributed by atoms with Crippen molar-refractivity contribution in [1.29, 1.82) is 0 Å². The Kier molecular flexibility index (Phi) is 3.63. The summed E-state index contributed by atoms with van der Waals surface area (Å²) in [5.74, 6) is -1.73. The van der Waals surface area contributed by atoms with Gasteiger partial charge in [0.2, 0.25) is 14.9 Å². The second-order valence-corrected chi connectivity index (χ2v) is 6.23. The number of benzene rings is 1. The van der Waals surface area contributed by atoms with Crippen LogP contribution in [0.5, 0.6) is 0 Å². The molecule has 1 aromatic heterocycles. The SMILES string of the molecule is CCCS(=O)(=O)c1oc(=O)c2ccccc2c1C(=O)O. The number of fused-ring (bicyclic) bond motifs is 1. The second-order valence-electron chi connectivity index (χ2n) is 4.22. The molecule has 20 heavy (non-hydrogen) atoms. The summed E-state index contributed by atoms with van der Waals surface area (Å²) in [5.41, 5.74) is -1.35. The number of sulfone groups is 1. The molecule has 0 saturated heterocycles. The highest BCUT2D eigenvalue weighted by atomic mass is 32.2. The van der Waals surface area contributed by atoms with Gasteiger partial charge in [0.1, 0.15) is 5.56 Å². The Morgan fingerprint density at radius 2 is 1.85 bits per heavy atom. The first-order chi connectivity index (χ1) is 9.38. The van der Waals surface area contributed by atoms with E-state index in [9.17, 15) is 23.1 Å². The molecule has 0 atom stereocenters. The number of hydrogen-bond acceptors (Lipinski definition) is 5. The Bertz CT molecular complexity index is 832. The molecule has 1 aromatic carbocycles. The first-order valence-corrected chi connectivity index (χ1v) is 7.55. The zero-order valence-corrected chi connectivity index (χ0v) is 11.4. The van der Waals surface area contributed by atoms with Gasteiger partial charge in [0.05, 0.1) is 11.1 Å². The van der Waals surface area contributed by atoms with Crippen molar-refractivity contribution in [3.05, 3.63) is 40.2 Å². The molecule has 0 spiro atoms. The van der Waals surface area contributed by atoms with Crippen molar-refractivity contribution < 1.29 is 22.7 Å². The van der Waals surface area contributed by atoms with Crippen LogP contribution in [0.3, 0.4) is 0 Å². The van der Waals surface area contributed by atoms with E-state index in [4.69, 9.17) is 4.42 Å². The normalized spacial score (nSPS) is 11.7. The first kappa shape index (κ1) is 14.3. The topological polar surface area (TPSA) is 102 Å². The summed E-state index contributed by atoms with van der Waals surface area (Å²) in [7, 11) is -3.95. The third-order valence-electron chi connectivity index (χ3n) is 2.78. The van der Waals surface area contributed by atoms with Crippen molar-refractivity contribution >= 4 is 26.6 Å². The van der Waals surface area contributed by atoms with E-state index in [0.717, 1.165) is 0 Å². The Morgan fingerprint density at radius 3 is 2.40 bits per heavy atom. The molecule has 1 N–H and O–H groups in total. The Hall–Kier alpha value is -2.15. The lowest BCUT2D eigenvalue weighted by molar-refractivity contribution is 0.0688. The molecule has 0 aliphatic carbocycles. The van der Waals surface area contributed by atoms with Gasteiger partial charge in [-0.05, 0) is 12.5 Å². The number of carboxylic acid groups (broad SMARTS) is 1. The lowest BCUT2D eigenvalue weighted by Crippen LogP contribution is -2.17. The molecule has 0 amide bonds. The van der Waals surface area contributed by atoms with Gasteiger partial charge < -0.3 is 9.52 Å². The van der Waals surface area contributed by atoms with Crippen molar-refractivity contribution in [2.45, 2.75) is 18.4 Å². The number of carbonyl (C=O) groups is 1. The summed E-state index contributed by atoms with van der Waals surface area (Å²) < 4.78 is 28.9. The van der Waals surface area contributed by atoms with E-state index >= 15 is 0 Å². The van der Waals surface area contributed by atoms with Crippen LogP contribution in [0.1, 0.15) is 23.7 Å². The van der Waals surface area contributed by atoms with Gasteiger partial charge in [-0.25, -0.2) is 18.0 Å². The van der Waals surface area contributed by atoms with Crippen LogP contribution in [-0.4, -0.2) is 25.2 Å². The van der Waals surface area contributed by atoms with Gasteiger partial charge >= 0.3 is 11.6 Å². The summed E-state index contributed by atoms with van der Waals surface area (Å²) in [6.45, 7) is 1.64. The van der Waals surface area contributed by atoms with Crippen LogP contribution in [0.25, 0.3) is 10.8 Å². The molecule has 0 unspecified atom stereocenters. The number of aromatic carboxylic acids is 1. The summed E-state index contributed by atoms with van der Waals surface area (Å²) in [5, 5.41) is 8.59. The lowest BCUT2D eigenvalue weighted by atomic mass is 10.1. The van der Waals surface area contributed by atoms with Gasteiger partial charge in [-0.2, -0.15) is 0 Å². The predicted molar refractivity (Wildman–Crippen MR) is 71.8 cm³/mol. The molecular formula is C13H12O6S. The third-order valence-corrected chi connectivity index (χ3v) is 4.57. The maximum absolute atomic E-state index is 12.1. The summed E-state index contributed by atoms with van der Waals surface area (Å²) >= 11 is 0. The van der Waals surface area contributed by atoms with E-state index in [0.29, 0.717) is 0 Å². The van der Waals surface area contributed by atoms with Crippen LogP contribution >= 0.6 is 0 Å². The highest BCUT2D eigenvalue weighted by Gasteiger charge is 2.28. The minimum atomic E-state index is -3.95. The molecule has 1 heterocycles. The van der Waals surface area contributed by atoms with E-state index in [1.807, 2.05) is 0 Å². The molecule has 6 nitrogen and oxygen atoms in total. The maximum Gasteiger partial charge on any atom is 0.344 e. The van der Waals surface area contributed by atoms with Gasteiger partial charge in [-0.3, -0.25) is 0 Å². The standard InChI is InChI=1S/C13H12O6S/c1-2-7-20(17,18)13-10(11(14)15)8-5-3-4-6-9(8)12(16)19-13/h3-6H,2,7H2,1H3,(H,14,15). The van der Waals surface area contributed by atoms with Gasteiger partial charge in [0, 0.05) is 5.39 Å². The summed E-state index contributed by atoms with van der Waals surface area (Å²) in [6, 6.07) is 5.86. The van der Waals surface area contributed by atoms with E-state index in [1.165, 1.54) is 18.2 Å². The van der Waals surface area contributed by atoms with Gasteiger partial charge in [0.25, 0.3) is 0 Å². The van der Waals surface area contributed by atoms with Crippen molar-refractivity contribution in [2.24, 2.45) is 0 Å². The van der Waals surface area contributed by atoms with Crippen LogP contribution < -0.4 is 5.63 Å². The zero-order valence-electron chi connectivity index (χ0n) is 10.6. The molecule has 7 heteroatoms. The van der Waals surface area contributed by atoms with Crippen molar-refractivity contribution in [2.75, 3.05) is 5.75 Å². The number of hydrogen-bond donors (Lipinski definition) is 1. The van der Waals surface area contributed by atoms with Crippen LogP contribution in [0.2, 0.25) is 0 Å². The van der Waals surface area contributed by atoms with E-state index < -0.39 is 32.1 Å². The summed E-state index contributed by atoms with van der Waals surface area (Å²) in [4.78, 5) is 23.2. The molecule has 0 aliphatic heterocycles. The fourth-order valence-electron chi connectivity index (χ4n) is 1.96. The largest absolute Gasteiger partial charge is 0.478 e. The van der Waals surface area contributed by atoms with E-state index in [1.54, 1.807) is 13.0 Å². The highest BCUT2D eigenvalue weighted by Crippen LogP contribution is 2.24. The summed E-state index contributed by atoms with van der Waals surface area (Å²) in [6.07, 6.45) is 0.290. The fraction of sp³-hybridized carbons (Fsp3) is 0.231. The maximum atomic E-state index is 12.1. The van der Waals surface area contributed by atoms with Crippen molar-refractivity contribution in [3.63, 3.8) is 0 Å². The van der Waals surface area contributed by atoms with Crippen LogP contribution in [0.4, 0.5) is 0 Å². The molecule has 0 fully saturated rings. The Morgan fingerprint density at radius 1 is 1.25 bits per heavy atom. The average molecular weight is 296 g/mol. The van der Waals surface area contributed by atoms with E-state index in [2.05, 4.69) is 0 Å². The smallest absolute Gasteiger partial charge is 0.344 e. The zero-order chi connectivity index (χ0) is 14.9. The van der Waals surface area contributed by atoms with Gasteiger partial charge in [-0.15, -0.1) is 0 Å². The number of carboxylic acids is 1. The molecule has 2 rings (SSSR count). The first-order valence-electron chi connectivity index (χ1n) is 5.90. The van der Waals surface area contributed by atoms with E-state index in [-0.39, 0.29) is 22.9 Å². The average Bonchev–Trinajstić information content (AvgIpc) is 2.38. The van der Waals surface area contributed by atoms with Crippen molar-refractivity contribution in [3.8, 4) is 0 Å². The Labute approximate surface area is 114 Å². The monoisotopic (exact) mass is 296 g/mol. The van der Waals surface area contributed by atoms with Gasteiger partial charge in [0.15, 0.2) is 0 Å². The molecule has 0 bridgehead atoms. The fourth-order valence-corrected chi connectivity index (χ4v) is 3.40. The van der Waals surface area contributed by atoms with Crippen LogP contribution in [-0.2, 0) is 9.84 Å². The molecule has 0 aliphatic rings.